The second kappa shape index (κ2) is 28.9. The van der Waals surface area contributed by atoms with Crippen molar-refractivity contribution >= 4 is 25.7 Å². The van der Waals surface area contributed by atoms with E-state index in [-0.39, 0.29) is 19.4 Å². The molecule has 0 aliphatic rings. The second-order valence-corrected chi connectivity index (χ2v) is 13.1. The molecule has 0 rings (SSSR count). The number of hydrogen-bond acceptors (Lipinski definition) is 9. The maximum atomic E-state index is 12.4. The molecule has 0 aliphatic heterocycles. The molecule has 0 saturated carbocycles. The number of hydrogen-bond donors (Lipinski definition) is 3. The number of nitrogens with two attached hydrogens (primary N) is 1. The number of unbranched alkanes of at least 4 members (excludes halogenated alkanes) is 18. The van der Waals surface area contributed by atoms with Crippen LogP contribution in [0.3, 0.4) is 0 Å². The van der Waals surface area contributed by atoms with Gasteiger partial charge in [-0.2, -0.15) is 0 Å². The largest absolute Gasteiger partial charge is 0.480 e. The maximum absolute atomic E-state index is 12.4. The van der Waals surface area contributed by atoms with E-state index < -0.39 is 51.1 Å². The van der Waals surface area contributed by atoms with E-state index in [1.165, 1.54) is 89.9 Å². The maximum Gasteiger partial charge on any atom is 0.472 e. The van der Waals surface area contributed by atoms with E-state index in [0.29, 0.717) is 12.8 Å². The molecule has 0 aromatic rings. The molecule has 0 heterocycles. The number of ether oxygens (including phenoxy) is 2. The molecule has 0 aliphatic carbocycles. The van der Waals surface area contributed by atoms with Gasteiger partial charge in [-0.25, -0.2) is 4.57 Å². The van der Waals surface area contributed by atoms with Gasteiger partial charge in [0.1, 0.15) is 12.6 Å². The molecular weight excluding hydrogens is 589 g/mol. The molecule has 3 unspecified atom stereocenters. The highest BCUT2D eigenvalue weighted by Crippen LogP contribution is 2.43. The zero-order valence-corrected chi connectivity index (χ0v) is 28.4. The minimum absolute atomic E-state index is 0.166. The number of aliphatic carboxylic acids is 1. The summed E-state index contributed by atoms with van der Waals surface area (Å²) in [4.78, 5) is 44.9. The number of carboxylic acids is 1. The molecule has 0 saturated heterocycles. The fraction of sp³-hybridized carbons (Fsp3) is 0.906. The van der Waals surface area contributed by atoms with Crippen molar-refractivity contribution in [3.8, 4) is 0 Å². The summed E-state index contributed by atoms with van der Waals surface area (Å²) >= 11 is 0. The smallest absolute Gasteiger partial charge is 0.472 e. The van der Waals surface area contributed by atoms with Crippen LogP contribution in [0.5, 0.6) is 0 Å². The highest BCUT2D eigenvalue weighted by atomic mass is 31.2. The van der Waals surface area contributed by atoms with Gasteiger partial charge in [0.25, 0.3) is 0 Å². The standard InChI is InChI=1S/C32H62NO10P/c1-3-5-7-8-9-10-11-12-13-14-15-16-17-18-19-20-21-22-24-31(35)43-28(25-40-30(34)23-6-4-2)26-41-44(38,39)42-27-29(33)32(36)37/h28-29H,3-27,33H2,1-2H3,(H,36,37)(H,38,39). The summed E-state index contributed by atoms with van der Waals surface area (Å²) < 4.78 is 32.0. The van der Waals surface area contributed by atoms with Crippen LogP contribution in [0, 0.1) is 0 Å². The van der Waals surface area contributed by atoms with E-state index >= 15 is 0 Å². The minimum atomic E-state index is -4.68. The fourth-order valence-corrected chi connectivity index (χ4v) is 5.35. The molecule has 44 heavy (non-hydrogen) atoms. The molecule has 4 N–H and O–H groups in total. The number of esters is 2. The topological polar surface area (TPSA) is 172 Å². The Hall–Kier alpha value is -1.52. The zero-order valence-electron chi connectivity index (χ0n) is 27.5. The molecular formula is C32H62NO10P. The van der Waals surface area contributed by atoms with Gasteiger partial charge in [-0.1, -0.05) is 129 Å². The van der Waals surface area contributed by atoms with Crippen LogP contribution in [-0.4, -0.2) is 59.9 Å². The summed E-state index contributed by atoms with van der Waals surface area (Å²) in [5.41, 5.74) is 5.27. The average molecular weight is 652 g/mol. The lowest BCUT2D eigenvalue weighted by molar-refractivity contribution is -0.161. The van der Waals surface area contributed by atoms with Gasteiger partial charge in [0.15, 0.2) is 6.10 Å². The normalized spacial score (nSPS) is 14.1. The van der Waals surface area contributed by atoms with Crippen molar-refractivity contribution in [2.24, 2.45) is 5.73 Å². The molecule has 12 heteroatoms. The van der Waals surface area contributed by atoms with E-state index in [4.69, 9.17) is 24.8 Å². The van der Waals surface area contributed by atoms with Gasteiger partial charge in [0.2, 0.25) is 0 Å². The van der Waals surface area contributed by atoms with Crippen molar-refractivity contribution in [3.63, 3.8) is 0 Å². The number of carbonyl (C=O) groups excluding carboxylic acids is 2. The molecule has 260 valence electrons. The van der Waals surface area contributed by atoms with E-state index in [2.05, 4.69) is 11.4 Å². The first-order chi connectivity index (χ1) is 21.1. The van der Waals surface area contributed by atoms with Gasteiger partial charge in [-0.15, -0.1) is 0 Å². The summed E-state index contributed by atoms with van der Waals surface area (Å²) in [5, 5.41) is 8.78. The number of phosphoric acid groups is 1. The van der Waals surface area contributed by atoms with Crippen LogP contribution in [-0.2, 0) is 37.5 Å². The number of phosphoric ester groups is 1. The molecule has 0 radical (unpaired) electrons. The Morgan fingerprint density at radius 3 is 1.48 bits per heavy atom. The molecule has 0 spiro atoms. The molecule has 0 bridgehead atoms. The van der Waals surface area contributed by atoms with Crippen molar-refractivity contribution in [2.75, 3.05) is 19.8 Å². The first-order valence-electron chi connectivity index (χ1n) is 17.1. The van der Waals surface area contributed by atoms with Gasteiger partial charge in [-0.05, 0) is 12.8 Å². The Morgan fingerprint density at radius 2 is 1.02 bits per heavy atom. The van der Waals surface area contributed by atoms with Gasteiger partial charge >= 0.3 is 25.7 Å². The molecule has 0 fully saturated rings. The monoisotopic (exact) mass is 651 g/mol. The molecule has 0 amide bonds. The van der Waals surface area contributed by atoms with Gasteiger partial charge in [0.05, 0.1) is 13.2 Å². The Balaban J connectivity index is 4.10. The third-order valence-corrected chi connectivity index (χ3v) is 8.31. The van der Waals surface area contributed by atoms with Crippen molar-refractivity contribution in [3.05, 3.63) is 0 Å². The summed E-state index contributed by atoms with van der Waals surface area (Å²) in [7, 11) is -4.68. The van der Waals surface area contributed by atoms with Crippen molar-refractivity contribution in [1.82, 2.24) is 0 Å². The first kappa shape index (κ1) is 42.5. The minimum Gasteiger partial charge on any atom is -0.480 e. The van der Waals surface area contributed by atoms with Crippen LogP contribution < -0.4 is 5.73 Å². The van der Waals surface area contributed by atoms with E-state index in [9.17, 15) is 23.8 Å². The summed E-state index contributed by atoms with van der Waals surface area (Å²) in [5.74, 6) is -2.41. The van der Waals surface area contributed by atoms with Crippen LogP contribution in [0.25, 0.3) is 0 Å². The van der Waals surface area contributed by atoms with Gasteiger partial charge in [-0.3, -0.25) is 23.4 Å². The van der Waals surface area contributed by atoms with Gasteiger partial charge in [0, 0.05) is 12.8 Å². The van der Waals surface area contributed by atoms with Gasteiger partial charge < -0.3 is 25.2 Å². The lowest BCUT2D eigenvalue weighted by Crippen LogP contribution is -2.34. The number of carbonyl (C=O) groups is 3. The predicted octanol–water partition coefficient (Wildman–Crippen LogP) is 7.61. The van der Waals surface area contributed by atoms with E-state index in [1.54, 1.807) is 0 Å². The summed E-state index contributed by atoms with van der Waals surface area (Å²) in [6.07, 6.45) is 23.2. The van der Waals surface area contributed by atoms with Crippen LogP contribution in [0.1, 0.15) is 155 Å². The highest BCUT2D eigenvalue weighted by molar-refractivity contribution is 7.47. The molecule has 0 aromatic heterocycles. The molecule has 11 nitrogen and oxygen atoms in total. The SMILES string of the molecule is CCCCCCCCCCCCCCCCCCCCC(=O)OC(COC(=O)CCCC)COP(=O)(O)OCC(N)C(=O)O. The van der Waals surface area contributed by atoms with Crippen LogP contribution in [0.2, 0.25) is 0 Å². The Kier molecular flexibility index (Phi) is 27.9. The molecule has 3 atom stereocenters. The fourth-order valence-electron chi connectivity index (χ4n) is 4.57. The highest BCUT2D eigenvalue weighted by Gasteiger charge is 2.28. The third-order valence-electron chi connectivity index (χ3n) is 7.36. The molecule has 0 aromatic carbocycles. The Morgan fingerprint density at radius 1 is 0.614 bits per heavy atom. The van der Waals surface area contributed by atoms with Crippen molar-refractivity contribution in [1.29, 1.82) is 0 Å². The lowest BCUT2D eigenvalue weighted by atomic mass is 10.0. The van der Waals surface area contributed by atoms with E-state index in [0.717, 1.165) is 25.7 Å². The van der Waals surface area contributed by atoms with Crippen LogP contribution in [0.15, 0.2) is 0 Å². The Bertz CT molecular complexity index is 782. The van der Waals surface area contributed by atoms with Crippen LogP contribution >= 0.6 is 7.82 Å². The van der Waals surface area contributed by atoms with Crippen molar-refractivity contribution < 1.29 is 47.5 Å². The quantitative estimate of drug-likeness (QED) is 0.0371. The average Bonchev–Trinajstić information content (AvgIpc) is 2.99. The predicted molar refractivity (Wildman–Crippen MR) is 171 cm³/mol. The van der Waals surface area contributed by atoms with Crippen LogP contribution in [0.4, 0.5) is 0 Å². The number of rotatable bonds is 32. The number of carboxylic acid groups (broad SMARTS) is 1. The van der Waals surface area contributed by atoms with Crippen molar-refractivity contribution in [2.45, 2.75) is 167 Å². The Labute approximate surface area is 265 Å². The zero-order chi connectivity index (χ0) is 32.9. The van der Waals surface area contributed by atoms with E-state index in [1.807, 2.05) is 6.92 Å². The first-order valence-corrected chi connectivity index (χ1v) is 18.6. The lowest BCUT2D eigenvalue weighted by Gasteiger charge is -2.20. The second-order valence-electron chi connectivity index (χ2n) is 11.7. The summed E-state index contributed by atoms with van der Waals surface area (Å²) in [6.45, 7) is 2.51. The summed E-state index contributed by atoms with van der Waals surface area (Å²) in [6, 6.07) is -1.51. The third kappa shape index (κ3) is 28.0.